The predicted octanol–water partition coefficient (Wildman–Crippen LogP) is 0.248. The van der Waals surface area contributed by atoms with Crippen molar-refractivity contribution in [2.45, 2.75) is 11.8 Å². The van der Waals surface area contributed by atoms with E-state index >= 15 is 0 Å². The van der Waals surface area contributed by atoms with E-state index in [0.717, 1.165) is 11.9 Å². The summed E-state index contributed by atoms with van der Waals surface area (Å²) in [4.78, 5) is 15.5. The van der Waals surface area contributed by atoms with Crippen LogP contribution in [0.15, 0.2) is 29.3 Å². The normalized spacial score (nSPS) is 15.1. The third-order valence-corrected chi connectivity index (χ3v) is 5.65. The number of carbonyl (C=O) groups excluding carboxylic acids is 1. The quantitative estimate of drug-likeness (QED) is 0.654. The van der Waals surface area contributed by atoms with Crippen LogP contribution in [0.4, 0.5) is 11.4 Å². The Morgan fingerprint density at radius 1 is 1.31 bits per heavy atom. The molecule has 2 aromatic rings. The molecule has 12 heteroatoms. The number of carbonyl (C=O) groups is 1. The molecule has 11 nitrogen and oxygen atoms in total. The van der Waals surface area contributed by atoms with Crippen molar-refractivity contribution in [2.75, 3.05) is 42.7 Å². The number of sulfone groups is 1. The van der Waals surface area contributed by atoms with Gasteiger partial charge in [-0.3, -0.25) is 4.79 Å². The van der Waals surface area contributed by atoms with E-state index in [-0.39, 0.29) is 22.2 Å². The third-order valence-electron chi connectivity index (χ3n) is 4.54. The van der Waals surface area contributed by atoms with Gasteiger partial charge in [-0.1, -0.05) is 0 Å². The smallest absolute Gasteiger partial charge is 0.219 e. The largest absolute Gasteiger partial charge is 0.366 e. The molecule has 2 N–H and O–H groups in total. The van der Waals surface area contributed by atoms with E-state index < -0.39 is 9.84 Å². The first-order valence-corrected chi connectivity index (χ1v) is 10.6. The molecule has 0 saturated carbocycles. The molecule has 1 fully saturated rings. The monoisotopic (exact) mass is 416 g/mol. The molecule has 29 heavy (non-hydrogen) atoms. The molecule has 0 atom stereocenters. The second kappa shape index (κ2) is 8.27. The zero-order valence-electron chi connectivity index (χ0n) is 16.0. The van der Waals surface area contributed by atoms with Crippen LogP contribution in [0, 0.1) is 11.3 Å². The number of piperazine rings is 1. The van der Waals surface area contributed by atoms with Crippen molar-refractivity contribution in [3.8, 4) is 6.07 Å². The van der Waals surface area contributed by atoms with E-state index in [1.165, 1.54) is 19.2 Å². The minimum absolute atomic E-state index is 0.0251. The summed E-state index contributed by atoms with van der Waals surface area (Å²) in [5.74, 6) is 0.146. The molecule has 0 aliphatic carbocycles. The second-order valence-corrected chi connectivity index (χ2v) is 8.51. The van der Waals surface area contributed by atoms with Gasteiger partial charge in [0, 0.05) is 45.6 Å². The van der Waals surface area contributed by atoms with Gasteiger partial charge in [0.25, 0.3) is 0 Å². The van der Waals surface area contributed by atoms with Crippen LogP contribution < -0.4 is 10.2 Å². The Kier molecular flexibility index (Phi) is 5.79. The van der Waals surface area contributed by atoms with Crippen molar-refractivity contribution < 1.29 is 13.2 Å². The molecule has 0 spiro atoms. The third kappa shape index (κ3) is 4.69. The van der Waals surface area contributed by atoms with Gasteiger partial charge in [0.1, 0.15) is 11.6 Å². The van der Waals surface area contributed by atoms with Crippen molar-refractivity contribution in [1.29, 1.82) is 5.26 Å². The molecule has 1 amide bonds. The van der Waals surface area contributed by atoms with Gasteiger partial charge < -0.3 is 15.1 Å². The fourth-order valence-corrected chi connectivity index (χ4v) is 3.62. The highest BCUT2D eigenvalue weighted by Crippen LogP contribution is 2.30. The lowest BCUT2D eigenvalue weighted by atomic mass is 10.2. The van der Waals surface area contributed by atoms with Gasteiger partial charge in [0.05, 0.1) is 16.3 Å². The number of aromatic nitrogens is 4. The summed E-state index contributed by atoms with van der Waals surface area (Å²) in [6.45, 7) is 3.89. The van der Waals surface area contributed by atoms with Crippen LogP contribution in [0.3, 0.4) is 0 Å². The van der Waals surface area contributed by atoms with Crippen LogP contribution in [-0.2, 0) is 14.6 Å². The van der Waals surface area contributed by atoms with Crippen molar-refractivity contribution in [3.63, 3.8) is 0 Å². The van der Waals surface area contributed by atoms with Gasteiger partial charge in [-0.05, 0) is 23.4 Å². The molecule has 1 aromatic heterocycles. The lowest BCUT2D eigenvalue weighted by Gasteiger charge is -2.36. The molecule has 0 radical (unpaired) electrons. The van der Waals surface area contributed by atoms with Gasteiger partial charge in [-0.2, -0.15) is 10.5 Å². The van der Waals surface area contributed by atoms with Gasteiger partial charge in [-0.15, -0.1) is 10.2 Å². The number of tetrazole rings is 1. The minimum Gasteiger partial charge on any atom is -0.366 e. The molecule has 0 unspecified atom stereocenters. The molecule has 1 saturated heterocycles. The number of benzene rings is 1. The Morgan fingerprint density at radius 3 is 2.59 bits per heavy atom. The maximum atomic E-state index is 12.0. The summed E-state index contributed by atoms with van der Waals surface area (Å²) >= 11 is 0. The predicted molar refractivity (Wildman–Crippen MR) is 105 cm³/mol. The lowest BCUT2D eigenvalue weighted by Crippen LogP contribution is -2.48. The van der Waals surface area contributed by atoms with E-state index in [9.17, 15) is 18.5 Å². The van der Waals surface area contributed by atoms with Crippen molar-refractivity contribution in [1.82, 2.24) is 25.5 Å². The topological polar surface area (TPSA) is 148 Å². The molecule has 0 bridgehead atoms. The van der Waals surface area contributed by atoms with Gasteiger partial charge in [0.15, 0.2) is 9.84 Å². The number of H-pyrrole nitrogens is 1. The van der Waals surface area contributed by atoms with Gasteiger partial charge in [0.2, 0.25) is 11.7 Å². The second-order valence-electron chi connectivity index (χ2n) is 6.49. The molecular formula is C17H20N8O3S. The molecule has 3 rings (SSSR count). The van der Waals surface area contributed by atoms with E-state index in [4.69, 9.17) is 0 Å². The SMILES string of the molecule is CC(=O)N1CCN(c2ccc(S(C)(=O)=O)cc2NC=C(C#N)c2nn[nH]n2)CC1. The lowest BCUT2D eigenvalue weighted by molar-refractivity contribution is -0.129. The standard InChI is InChI=1S/C17H20N8O3S/c1-12(26)24-5-7-25(8-6-24)16-4-3-14(29(2,27)28)9-15(16)19-11-13(10-18)17-20-22-23-21-17/h3-4,9,11,19H,5-8H2,1-2H3,(H,20,21,22,23). The molecule has 1 aliphatic rings. The number of amides is 1. The number of hydrogen-bond donors (Lipinski definition) is 2. The van der Waals surface area contributed by atoms with E-state index in [1.54, 1.807) is 17.0 Å². The Bertz CT molecular complexity index is 1060. The van der Waals surface area contributed by atoms with Crippen molar-refractivity contribution >= 4 is 32.7 Å². The number of rotatable bonds is 5. The highest BCUT2D eigenvalue weighted by molar-refractivity contribution is 7.90. The van der Waals surface area contributed by atoms with Crippen molar-refractivity contribution in [2.24, 2.45) is 0 Å². The van der Waals surface area contributed by atoms with Crippen LogP contribution in [0.25, 0.3) is 5.57 Å². The first-order chi connectivity index (χ1) is 13.8. The molecule has 2 heterocycles. The minimum atomic E-state index is -3.42. The number of nitrogens with one attached hydrogen (secondary N) is 2. The fourth-order valence-electron chi connectivity index (χ4n) is 2.97. The average molecular weight is 416 g/mol. The summed E-state index contributed by atoms with van der Waals surface area (Å²) in [5, 5.41) is 25.6. The van der Waals surface area contributed by atoms with Gasteiger partial charge in [-0.25, -0.2) is 8.42 Å². The maximum absolute atomic E-state index is 12.0. The summed E-state index contributed by atoms with van der Waals surface area (Å²) in [7, 11) is -3.42. The Morgan fingerprint density at radius 2 is 2.03 bits per heavy atom. The number of nitrogens with zero attached hydrogens (tertiary/aromatic N) is 6. The fraction of sp³-hybridized carbons (Fsp3) is 0.353. The first kappa shape index (κ1) is 20.3. The molecular weight excluding hydrogens is 396 g/mol. The zero-order chi connectivity index (χ0) is 21.0. The van der Waals surface area contributed by atoms with Crippen LogP contribution in [0.5, 0.6) is 0 Å². The van der Waals surface area contributed by atoms with Gasteiger partial charge >= 0.3 is 0 Å². The number of nitriles is 1. The first-order valence-electron chi connectivity index (χ1n) is 8.75. The summed E-state index contributed by atoms with van der Waals surface area (Å²) in [6, 6.07) is 6.75. The number of aromatic amines is 1. The van der Waals surface area contributed by atoms with Crippen LogP contribution in [0.1, 0.15) is 12.7 Å². The van der Waals surface area contributed by atoms with E-state index in [1.807, 2.05) is 6.07 Å². The van der Waals surface area contributed by atoms with Crippen LogP contribution >= 0.6 is 0 Å². The average Bonchev–Trinajstić information content (AvgIpc) is 3.22. The van der Waals surface area contributed by atoms with Crippen LogP contribution in [-0.4, -0.2) is 72.3 Å². The van der Waals surface area contributed by atoms with E-state index in [0.29, 0.717) is 31.9 Å². The summed E-state index contributed by atoms with van der Waals surface area (Å²) in [6.07, 6.45) is 2.54. The summed E-state index contributed by atoms with van der Waals surface area (Å²) < 4.78 is 24.0. The number of hydrogen-bond acceptors (Lipinski definition) is 9. The van der Waals surface area contributed by atoms with E-state index in [2.05, 4.69) is 30.8 Å². The maximum Gasteiger partial charge on any atom is 0.219 e. The van der Waals surface area contributed by atoms with Crippen LogP contribution in [0.2, 0.25) is 0 Å². The highest BCUT2D eigenvalue weighted by atomic mass is 32.2. The molecule has 1 aliphatic heterocycles. The Labute approximate surface area is 167 Å². The number of anilines is 2. The Hall–Kier alpha value is -3.46. The summed E-state index contributed by atoms with van der Waals surface area (Å²) in [5.41, 5.74) is 1.42. The Balaban J connectivity index is 1.93. The molecule has 1 aromatic carbocycles. The highest BCUT2D eigenvalue weighted by Gasteiger charge is 2.22. The number of allylic oxidation sites excluding steroid dienone is 1. The molecule has 152 valence electrons. The zero-order valence-corrected chi connectivity index (χ0v) is 16.8. The van der Waals surface area contributed by atoms with Crippen molar-refractivity contribution in [3.05, 3.63) is 30.2 Å².